The van der Waals surface area contributed by atoms with E-state index in [-0.39, 0.29) is 5.91 Å². The number of carbonyl (C=O) groups is 1. The number of carbonyl (C=O) groups excluding carboxylic acids is 1. The topological polar surface area (TPSA) is 42.4 Å². The van der Waals surface area contributed by atoms with Crippen molar-refractivity contribution in [1.82, 2.24) is 9.88 Å². The van der Waals surface area contributed by atoms with E-state index in [1.54, 1.807) is 7.11 Å². The van der Waals surface area contributed by atoms with Gasteiger partial charge in [0.15, 0.2) is 0 Å². The second-order valence-electron chi connectivity index (χ2n) is 6.89. The van der Waals surface area contributed by atoms with E-state index < -0.39 is 0 Å². The molecule has 0 bridgehead atoms. The maximum absolute atomic E-state index is 13.1. The summed E-state index contributed by atoms with van der Waals surface area (Å²) in [6, 6.07) is 16.1. The quantitative estimate of drug-likeness (QED) is 0.451. The summed E-state index contributed by atoms with van der Waals surface area (Å²) in [5, 5.41) is 2.39. The molecule has 0 fully saturated rings. The van der Waals surface area contributed by atoms with Crippen LogP contribution >= 0.6 is 22.9 Å². The Morgan fingerprint density at radius 3 is 2.79 bits per heavy atom. The van der Waals surface area contributed by atoms with Crippen molar-refractivity contribution in [2.45, 2.75) is 13.0 Å². The fourth-order valence-corrected chi connectivity index (χ4v) is 5.01. The number of hydrogen-bond donors (Lipinski definition) is 0. The molecule has 0 radical (unpaired) electrons. The first-order chi connectivity index (χ1) is 13.6. The summed E-state index contributed by atoms with van der Waals surface area (Å²) >= 11 is 7.84. The summed E-state index contributed by atoms with van der Waals surface area (Å²) in [6.45, 7) is 1.39. The van der Waals surface area contributed by atoms with E-state index in [4.69, 9.17) is 21.3 Å². The molecular weight excluding hydrogens is 392 g/mol. The lowest BCUT2D eigenvalue weighted by Crippen LogP contribution is -2.35. The number of methoxy groups -OCH3 is 1. The number of fused-ring (bicyclic) bond motifs is 3. The molecule has 1 aliphatic rings. The lowest BCUT2D eigenvalue weighted by atomic mass is 10.00. The lowest BCUT2D eigenvalue weighted by Gasteiger charge is -2.28. The number of ether oxygens (including phenoxy) is 1. The molecule has 4 nitrogen and oxygen atoms in total. The van der Waals surface area contributed by atoms with Gasteiger partial charge in [0.1, 0.15) is 15.6 Å². The van der Waals surface area contributed by atoms with Gasteiger partial charge in [0, 0.05) is 23.9 Å². The molecule has 1 aliphatic heterocycles. The Hall–Kier alpha value is -2.63. The van der Waals surface area contributed by atoms with Gasteiger partial charge in [-0.15, -0.1) is 11.3 Å². The SMILES string of the molecule is COc1ccc2cc3cc(C(=O)N4CCc5ccccc5C4)sc3nc2c1Cl. The number of benzene rings is 2. The summed E-state index contributed by atoms with van der Waals surface area (Å²) in [5.41, 5.74) is 3.26. The molecule has 0 saturated carbocycles. The Kier molecular flexibility index (Phi) is 4.22. The number of rotatable bonds is 2. The zero-order valence-corrected chi connectivity index (χ0v) is 16.8. The first kappa shape index (κ1) is 17.5. The van der Waals surface area contributed by atoms with Crippen molar-refractivity contribution in [2.24, 2.45) is 0 Å². The molecule has 0 unspecified atom stereocenters. The fraction of sp³-hybridized carbons (Fsp3) is 0.182. The van der Waals surface area contributed by atoms with Crippen LogP contribution in [0.1, 0.15) is 20.8 Å². The number of pyridine rings is 1. The van der Waals surface area contributed by atoms with Gasteiger partial charge in [0.2, 0.25) is 0 Å². The largest absolute Gasteiger partial charge is 0.495 e. The van der Waals surface area contributed by atoms with E-state index in [9.17, 15) is 4.79 Å². The Balaban J connectivity index is 1.52. The Morgan fingerprint density at radius 2 is 1.96 bits per heavy atom. The van der Waals surface area contributed by atoms with Crippen molar-refractivity contribution in [3.05, 3.63) is 69.6 Å². The highest BCUT2D eigenvalue weighted by atomic mass is 35.5. The highest BCUT2D eigenvalue weighted by Crippen LogP contribution is 2.35. The number of amides is 1. The zero-order valence-electron chi connectivity index (χ0n) is 15.2. The predicted octanol–water partition coefficient (Wildman–Crippen LogP) is 5.31. The third-order valence-electron chi connectivity index (χ3n) is 5.23. The maximum Gasteiger partial charge on any atom is 0.264 e. The van der Waals surface area contributed by atoms with Crippen molar-refractivity contribution in [3.8, 4) is 5.75 Å². The molecule has 5 rings (SSSR count). The van der Waals surface area contributed by atoms with Crippen molar-refractivity contribution >= 4 is 50.0 Å². The molecule has 140 valence electrons. The minimum Gasteiger partial charge on any atom is -0.495 e. The van der Waals surface area contributed by atoms with Crippen molar-refractivity contribution < 1.29 is 9.53 Å². The molecule has 6 heteroatoms. The first-order valence-corrected chi connectivity index (χ1v) is 10.3. The van der Waals surface area contributed by atoms with Crippen LogP contribution in [-0.2, 0) is 13.0 Å². The molecule has 0 aliphatic carbocycles. The van der Waals surface area contributed by atoms with Crippen LogP contribution in [0, 0.1) is 0 Å². The average molecular weight is 409 g/mol. The molecule has 1 amide bonds. The van der Waals surface area contributed by atoms with Crippen LogP contribution in [0.25, 0.3) is 21.1 Å². The molecule has 2 aromatic heterocycles. The van der Waals surface area contributed by atoms with Crippen LogP contribution in [0.15, 0.2) is 48.5 Å². The zero-order chi connectivity index (χ0) is 19.3. The summed E-state index contributed by atoms with van der Waals surface area (Å²) in [5.74, 6) is 0.658. The summed E-state index contributed by atoms with van der Waals surface area (Å²) in [4.78, 5) is 21.2. The van der Waals surface area contributed by atoms with E-state index in [1.807, 2.05) is 35.2 Å². The lowest BCUT2D eigenvalue weighted by molar-refractivity contribution is 0.0739. The van der Waals surface area contributed by atoms with Gasteiger partial charge in [-0.3, -0.25) is 4.79 Å². The highest BCUT2D eigenvalue weighted by Gasteiger charge is 2.23. The molecule has 2 aromatic carbocycles. The van der Waals surface area contributed by atoms with Crippen LogP contribution < -0.4 is 4.74 Å². The number of aromatic nitrogens is 1. The average Bonchev–Trinajstić information content (AvgIpc) is 3.15. The maximum atomic E-state index is 13.1. The van der Waals surface area contributed by atoms with Gasteiger partial charge in [-0.05, 0) is 41.8 Å². The fourth-order valence-electron chi connectivity index (χ4n) is 3.73. The van der Waals surface area contributed by atoms with Crippen LogP contribution in [0.2, 0.25) is 5.02 Å². The van der Waals surface area contributed by atoms with E-state index in [0.717, 1.165) is 28.6 Å². The third-order valence-corrected chi connectivity index (χ3v) is 6.62. The standard InChI is InChI=1S/C22H17ClN2O2S/c1-27-17-7-6-14-10-16-11-18(28-21(16)24-20(14)19(17)23)22(26)25-9-8-13-4-2-3-5-15(13)12-25/h2-7,10-11H,8-9,12H2,1H3. The molecule has 4 aromatic rings. The second kappa shape index (κ2) is 6.76. The minimum absolute atomic E-state index is 0.0604. The summed E-state index contributed by atoms with van der Waals surface area (Å²) in [6.07, 6.45) is 0.893. The highest BCUT2D eigenvalue weighted by molar-refractivity contribution is 7.20. The van der Waals surface area contributed by atoms with Gasteiger partial charge in [0.05, 0.1) is 17.5 Å². The molecule has 0 spiro atoms. The van der Waals surface area contributed by atoms with E-state index in [0.29, 0.717) is 27.7 Å². The first-order valence-electron chi connectivity index (χ1n) is 9.07. The minimum atomic E-state index is 0.0604. The van der Waals surface area contributed by atoms with E-state index in [1.165, 1.54) is 22.5 Å². The van der Waals surface area contributed by atoms with Crippen LogP contribution in [0.3, 0.4) is 0 Å². The van der Waals surface area contributed by atoms with E-state index in [2.05, 4.69) is 18.2 Å². The molecule has 0 atom stereocenters. The van der Waals surface area contributed by atoms with Gasteiger partial charge in [-0.1, -0.05) is 35.9 Å². The van der Waals surface area contributed by atoms with Crippen molar-refractivity contribution in [3.63, 3.8) is 0 Å². The predicted molar refractivity (Wildman–Crippen MR) is 114 cm³/mol. The summed E-state index contributed by atoms with van der Waals surface area (Å²) < 4.78 is 5.29. The van der Waals surface area contributed by atoms with Crippen molar-refractivity contribution in [1.29, 1.82) is 0 Å². The van der Waals surface area contributed by atoms with E-state index >= 15 is 0 Å². The number of nitrogens with zero attached hydrogens (tertiary/aromatic N) is 2. The van der Waals surface area contributed by atoms with Crippen molar-refractivity contribution in [2.75, 3.05) is 13.7 Å². The third kappa shape index (κ3) is 2.82. The number of halogens is 1. The Bertz CT molecular complexity index is 1230. The second-order valence-corrected chi connectivity index (χ2v) is 8.30. The molecule has 0 N–H and O–H groups in total. The molecule has 28 heavy (non-hydrogen) atoms. The smallest absolute Gasteiger partial charge is 0.264 e. The van der Waals surface area contributed by atoms with Crippen LogP contribution in [-0.4, -0.2) is 29.4 Å². The normalized spacial score (nSPS) is 13.7. The van der Waals surface area contributed by atoms with Gasteiger partial charge >= 0.3 is 0 Å². The van der Waals surface area contributed by atoms with Gasteiger partial charge in [0.25, 0.3) is 5.91 Å². The van der Waals surface area contributed by atoms with Gasteiger partial charge in [-0.25, -0.2) is 4.98 Å². The monoisotopic (exact) mass is 408 g/mol. The molecule has 3 heterocycles. The number of hydrogen-bond acceptors (Lipinski definition) is 4. The van der Waals surface area contributed by atoms with Gasteiger partial charge in [-0.2, -0.15) is 0 Å². The molecule has 0 saturated heterocycles. The number of thiophene rings is 1. The molecular formula is C22H17ClN2O2S. The van der Waals surface area contributed by atoms with Crippen LogP contribution in [0.5, 0.6) is 5.75 Å². The van der Waals surface area contributed by atoms with Gasteiger partial charge < -0.3 is 9.64 Å². The summed E-state index contributed by atoms with van der Waals surface area (Å²) in [7, 11) is 1.59. The van der Waals surface area contributed by atoms with Crippen LogP contribution in [0.4, 0.5) is 0 Å². The Labute approximate surface area is 171 Å². The Morgan fingerprint density at radius 1 is 1.14 bits per heavy atom.